The SMILES string of the molecule is CN1C/C(=C/c2ccc(F)c(F)c2)C(=O)/C(=C/c2ccc(F)c(F)c2)C1. The lowest BCUT2D eigenvalue weighted by atomic mass is 9.94. The van der Waals surface area contributed by atoms with Gasteiger partial charge in [-0.05, 0) is 54.6 Å². The number of halogens is 4. The molecule has 0 aliphatic carbocycles. The van der Waals surface area contributed by atoms with E-state index in [0.717, 1.165) is 24.3 Å². The Morgan fingerprint density at radius 3 is 1.58 bits per heavy atom. The van der Waals surface area contributed by atoms with Gasteiger partial charge in [0, 0.05) is 24.2 Å². The molecule has 1 aliphatic rings. The van der Waals surface area contributed by atoms with Crippen molar-refractivity contribution in [3.63, 3.8) is 0 Å². The maximum absolute atomic E-state index is 13.4. The minimum atomic E-state index is -0.992. The van der Waals surface area contributed by atoms with Crippen molar-refractivity contribution < 1.29 is 22.4 Å². The van der Waals surface area contributed by atoms with Gasteiger partial charge in [0.25, 0.3) is 0 Å². The van der Waals surface area contributed by atoms with Crippen LogP contribution in [0.1, 0.15) is 11.1 Å². The standard InChI is InChI=1S/C20H15F4NO/c1-25-10-14(6-12-2-4-16(21)18(23)8-12)20(26)15(11-25)7-13-3-5-17(22)19(24)9-13/h2-9H,10-11H2,1H3/b14-6-,15-7+. The Hall–Kier alpha value is -2.73. The number of piperidine rings is 1. The van der Waals surface area contributed by atoms with Crippen LogP contribution in [0.4, 0.5) is 17.6 Å². The van der Waals surface area contributed by atoms with Gasteiger partial charge in [-0.1, -0.05) is 12.1 Å². The van der Waals surface area contributed by atoms with Gasteiger partial charge in [0.1, 0.15) is 0 Å². The molecule has 0 N–H and O–H groups in total. The van der Waals surface area contributed by atoms with Gasteiger partial charge in [0.05, 0.1) is 0 Å². The molecule has 0 aromatic heterocycles. The van der Waals surface area contributed by atoms with E-state index in [1.165, 1.54) is 24.3 Å². The second-order valence-electron chi connectivity index (χ2n) is 6.19. The predicted molar refractivity (Wildman–Crippen MR) is 91.2 cm³/mol. The topological polar surface area (TPSA) is 20.3 Å². The van der Waals surface area contributed by atoms with Crippen LogP contribution < -0.4 is 0 Å². The monoisotopic (exact) mass is 361 g/mol. The van der Waals surface area contributed by atoms with E-state index in [1.807, 2.05) is 4.90 Å². The summed E-state index contributed by atoms with van der Waals surface area (Å²) < 4.78 is 52.8. The summed E-state index contributed by atoms with van der Waals surface area (Å²) in [4.78, 5) is 14.5. The third-order valence-corrected chi connectivity index (χ3v) is 4.03. The van der Waals surface area contributed by atoms with E-state index in [9.17, 15) is 22.4 Å². The molecule has 2 aromatic rings. The van der Waals surface area contributed by atoms with Gasteiger partial charge in [0.2, 0.25) is 0 Å². The smallest absolute Gasteiger partial charge is 0.187 e. The van der Waals surface area contributed by atoms with E-state index in [0.29, 0.717) is 35.4 Å². The molecule has 6 heteroatoms. The van der Waals surface area contributed by atoms with E-state index in [-0.39, 0.29) is 5.78 Å². The summed E-state index contributed by atoms with van der Waals surface area (Å²) in [5.74, 6) is -4.17. The summed E-state index contributed by atoms with van der Waals surface area (Å²) in [6.07, 6.45) is 3.00. The molecule has 3 rings (SSSR count). The van der Waals surface area contributed by atoms with Crippen molar-refractivity contribution >= 4 is 17.9 Å². The molecule has 1 saturated heterocycles. The Bertz CT molecular complexity index is 860. The number of likely N-dealkylation sites (tertiary alicyclic amines) is 1. The first-order chi connectivity index (χ1) is 12.3. The number of hydrogen-bond acceptors (Lipinski definition) is 2. The number of likely N-dealkylation sites (N-methyl/N-ethyl adjacent to an activating group) is 1. The summed E-state index contributed by atoms with van der Waals surface area (Å²) in [7, 11) is 1.80. The van der Waals surface area contributed by atoms with Crippen molar-refractivity contribution in [1.29, 1.82) is 0 Å². The molecule has 2 nitrogen and oxygen atoms in total. The van der Waals surface area contributed by atoms with Gasteiger partial charge in [-0.25, -0.2) is 17.6 Å². The number of carbonyl (C=O) groups is 1. The lowest BCUT2D eigenvalue weighted by molar-refractivity contribution is -0.113. The maximum atomic E-state index is 13.4. The van der Waals surface area contributed by atoms with Crippen LogP contribution in [0, 0.1) is 23.3 Å². The molecule has 134 valence electrons. The molecular weight excluding hydrogens is 346 g/mol. The van der Waals surface area contributed by atoms with Gasteiger partial charge in [-0.15, -0.1) is 0 Å². The zero-order valence-corrected chi connectivity index (χ0v) is 13.9. The summed E-state index contributed by atoms with van der Waals surface area (Å²) in [6, 6.07) is 6.79. The fourth-order valence-corrected chi connectivity index (χ4v) is 2.82. The van der Waals surface area contributed by atoms with Crippen LogP contribution in [-0.2, 0) is 4.79 Å². The average Bonchev–Trinajstić information content (AvgIpc) is 2.58. The summed E-state index contributed by atoms with van der Waals surface area (Å²) in [5, 5.41) is 0. The highest BCUT2D eigenvalue weighted by Gasteiger charge is 2.24. The molecule has 0 amide bonds. The fraction of sp³-hybridized carbons (Fsp3) is 0.150. The minimum absolute atomic E-state index is 0.266. The molecule has 1 fully saturated rings. The third-order valence-electron chi connectivity index (χ3n) is 4.03. The van der Waals surface area contributed by atoms with Crippen LogP contribution >= 0.6 is 0 Å². The highest BCUT2D eigenvalue weighted by molar-refractivity contribution is 6.14. The molecular formula is C20H15F4NO. The summed E-state index contributed by atoms with van der Waals surface area (Å²) in [5.41, 5.74) is 1.54. The Morgan fingerprint density at radius 1 is 0.769 bits per heavy atom. The van der Waals surface area contributed by atoms with Crippen LogP contribution in [-0.4, -0.2) is 30.8 Å². The summed E-state index contributed by atoms with van der Waals surface area (Å²) in [6.45, 7) is 0.680. The highest BCUT2D eigenvalue weighted by atomic mass is 19.2. The van der Waals surface area contributed by atoms with Crippen molar-refractivity contribution in [1.82, 2.24) is 4.90 Å². The number of Topliss-reactive ketones (excluding diaryl/α,β-unsaturated/α-hetero) is 1. The molecule has 2 aromatic carbocycles. The van der Waals surface area contributed by atoms with E-state index in [2.05, 4.69) is 0 Å². The molecule has 26 heavy (non-hydrogen) atoms. The number of hydrogen-bond donors (Lipinski definition) is 0. The first-order valence-corrected chi connectivity index (χ1v) is 7.88. The van der Waals surface area contributed by atoms with E-state index < -0.39 is 23.3 Å². The molecule has 0 unspecified atom stereocenters. The van der Waals surface area contributed by atoms with E-state index in [4.69, 9.17) is 0 Å². The lowest BCUT2D eigenvalue weighted by Gasteiger charge is -2.26. The van der Waals surface area contributed by atoms with E-state index in [1.54, 1.807) is 7.05 Å². The van der Waals surface area contributed by atoms with Gasteiger partial charge >= 0.3 is 0 Å². The van der Waals surface area contributed by atoms with Crippen molar-refractivity contribution in [2.24, 2.45) is 0 Å². The van der Waals surface area contributed by atoms with Crippen LogP contribution in [0.15, 0.2) is 47.5 Å². The number of ketones is 1. The van der Waals surface area contributed by atoms with Crippen LogP contribution in [0.25, 0.3) is 12.2 Å². The Kier molecular flexibility index (Phi) is 5.04. The van der Waals surface area contributed by atoms with Crippen molar-refractivity contribution in [2.75, 3.05) is 20.1 Å². The number of carbonyl (C=O) groups excluding carboxylic acids is 1. The molecule has 0 spiro atoms. The molecule has 0 radical (unpaired) electrons. The first kappa shape index (κ1) is 18.1. The van der Waals surface area contributed by atoms with Gasteiger partial charge in [-0.3, -0.25) is 9.69 Å². The summed E-state index contributed by atoms with van der Waals surface area (Å²) >= 11 is 0. The van der Waals surface area contributed by atoms with Crippen molar-refractivity contribution in [3.05, 3.63) is 81.9 Å². The fourth-order valence-electron chi connectivity index (χ4n) is 2.82. The van der Waals surface area contributed by atoms with Gasteiger partial charge in [0.15, 0.2) is 29.1 Å². The minimum Gasteiger partial charge on any atom is -0.298 e. The Balaban J connectivity index is 1.94. The quantitative estimate of drug-likeness (QED) is 0.590. The third kappa shape index (κ3) is 3.91. The van der Waals surface area contributed by atoms with Gasteiger partial charge in [-0.2, -0.15) is 0 Å². The number of benzene rings is 2. The zero-order valence-electron chi connectivity index (χ0n) is 13.9. The molecule has 0 atom stereocenters. The van der Waals surface area contributed by atoms with E-state index >= 15 is 0 Å². The molecule has 1 aliphatic heterocycles. The number of rotatable bonds is 2. The second kappa shape index (κ2) is 7.25. The van der Waals surface area contributed by atoms with Crippen LogP contribution in [0.5, 0.6) is 0 Å². The van der Waals surface area contributed by atoms with Crippen LogP contribution in [0.3, 0.4) is 0 Å². The van der Waals surface area contributed by atoms with Gasteiger partial charge < -0.3 is 0 Å². The molecule has 1 heterocycles. The Labute approximate surface area is 148 Å². The molecule has 0 bridgehead atoms. The van der Waals surface area contributed by atoms with Crippen molar-refractivity contribution in [3.8, 4) is 0 Å². The predicted octanol–water partition coefficient (Wildman–Crippen LogP) is 4.22. The molecule has 0 saturated carbocycles. The largest absolute Gasteiger partial charge is 0.298 e. The lowest BCUT2D eigenvalue weighted by Crippen LogP contribution is -2.34. The normalized spacial score (nSPS) is 18.7. The Morgan fingerprint density at radius 2 is 1.19 bits per heavy atom. The number of nitrogens with zero attached hydrogens (tertiary/aromatic N) is 1. The highest BCUT2D eigenvalue weighted by Crippen LogP contribution is 2.22. The van der Waals surface area contributed by atoms with Crippen LogP contribution in [0.2, 0.25) is 0 Å². The second-order valence-corrected chi connectivity index (χ2v) is 6.19. The van der Waals surface area contributed by atoms with Crippen molar-refractivity contribution in [2.45, 2.75) is 0 Å². The zero-order chi connectivity index (χ0) is 18.8. The first-order valence-electron chi connectivity index (χ1n) is 7.88. The average molecular weight is 361 g/mol. The maximum Gasteiger partial charge on any atom is 0.187 e.